The van der Waals surface area contributed by atoms with Crippen molar-refractivity contribution in [3.05, 3.63) is 11.8 Å². The number of ether oxygens (including phenoxy) is 1. The summed E-state index contributed by atoms with van der Waals surface area (Å²) in [6, 6.07) is 0. The van der Waals surface area contributed by atoms with E-state index in [1.54, 1.807) is 13.4 Å². The van der Waals surface area contributed by atoms with Gasteiger partial charge in [0.1, 0.15) is 0 Å². The molecule has 134 valence electrons. The third kappa shape index (κ3) is 3.74. The maximum atomic E-state index is 11.6. The van der Waals surface area contributed by atoms with Crippen LogP contribution in [-0.2, 0) is 19.0 Å². The molecule has 6 heteroatoms. The van der Waals surface area contributed by atoms with Gasteiger partial charge in [-0.05, 0) is 49.5 Å². The molecule has 0 saturated heterocycles. The van der Waals surface area contributed by atoms with Crippen LogP contribution >= 0.6 is 0 Å². The SMILES string of the molecule is CO/C=C1\CC[C@@H](OS(C)(=O)=O)[C@]2(C)CC[C@@](O)(C(C)C)C[C@@H]12. The Balaban J connectivity index is 2.37. The van der Waals surface area contributed by atoms with Crippen LogP contribution in [0.2, 0.25) is 0 Å². The number of hydrogen-bond acceptors (Lipinski definition) is 5. The molecule has 0 spiro atoms. The van der Waals surface area contributed by atoms with Gasteiger partial charge in [-0.2, -0.15) is 8.42 Å². The van der Waals surface area contributed by atoms with Crippen LogP contribution in [0.4, 0.5) is 0 Å². The monoisotopic (exact) mass is 346 g/mol. The van der Waals surface area contributed by atoms with Crippen LogP contribution in [0.3, 0.4) is 0 Å². The highest BCUT2D eigenvalue weighted by atomic mass is 32.2. The molecule has 23 heavy (non-hydrogen) atoms. The smallest absolute Gasteiger partial charge is 0.264 e. The van der Waals surface area contributed by atoms with Crippen molar-refractivity contribution in [2.75, 3.05) is 13.4 Å². The molecule has 0 radical (unpaired) electrons. The highest BCUT2D eigenvalue weighted by Crippen LogP contribution is 2.57. The third-order valence-electron chi connectivity index (χ3n) is 5.96. The van der Waals surface area contributed by atoms with E-state index in [1.165, 1.54) is 0 Å². The summed E-state index contributed by atoms with van der Waals surface area (Å²) in [5.74, 6) is 0.233. The van der Waals surface area contributed by atoms with E-state index in [4.69, 9.17) is 8.92 Å². The van der Waals surface area contributed by atoms with Crippen LogP contribution in [-0.4, -0.2) is 38.6 Å². The molecular weight excluding hydrogens is 316 g/mol. The van der Waals surface area contributed by atoms with Crippen molar-refractivity contribution in [2.45, 2.75) is 64.6 Å². The second-order valence-electron chi connectivity index (χ2n) is 7.78. The van der Waals surface area contributed by atoms with Crippen molar-refractivity contribution in [3.8, 4) is 0 Å². The minimum Gasteiger partial charge on any atom is -0.504 e. The molecule has 2 rings (SSSR count). The number of fused-ring (bicyclic) bond motifs is 1. The van der Waals surface area contributed by atoms with E-state index in [0.29, 0.717) is 19.3 Å². The van der Waals surface area contributed by atoms with Crippen LogP contribution in [0.25, 0.3) is 0 Å². The van der Waals surface area contributed by atoms with Gasteiger partial charge in [-0.3, -0.25) is 4.18 Å². The molecule has 0 aromatic rings. The van der Waals surface area contributed by atoms with Gasteiger partial charge < -0.3 is 9.84 Å². The number of rotatable bonds is 4. The van der Waals surface area contributed by atoms with Gasteiger partial charge in [0.2, 0.25) is 0 Å². The summed E-state index contributed by atoms with van der Waals surface area (Å²) < 4.78 is 34.0. The average Bonchev–Trinajstić information content (AvgIpc) is 2.42. The first-order valence-electron chi connectivity index (χ1n) is 8.34. The second kappa shape index (κ2) is 6.37. The molecule has 0 aliphatic heterocycles. The summed E-state index contributed by atoms with van der Waals surface area (Å²) in [7, 11) is -1.87. The zero-order chi connectivity index (χ0) is 17.5. The van der Waals surface area contributed by atoms with Gasteiger partial charge in [-0.1, -0.05) is 20.8 Å². The molecule has 0 aromatic carbocycles. The van der Waals surface area contributed by atoms with Crippen LogP contribution in [0.1, 0.15) is 52.9 Å². The third-order valence-corrected chi connectivity index (χ3v) is 6.55. The number of hydrogen-bond donors (Lipinski definition) is 1. The second-order valence-corrected chi connectivity index (χ2v) is 9.38. The maximum Gasteiger partial charge on any atom is 0.264 e. The Morgan fingerprint density at radius 2 is 2.00 bits per heavy atom. The summed E-state index contributed by atoms with van der Waals surface area (Å²) in [6.45, 7) is 6.17. The summed E-state index contributed by atoms with van der Waals surface area (Å²) in [5.41, 5.74) is 0.138. The molecule has 2 fully saturated rings. The quantitative estimate of drug-likeness (QED) is 0.626. The van der Waals surface area contributed by atoms with Crippen molar-refractivity contribution < 1.29 is 22.4 Å². The molecule has 0 heterocycles. The van der Waals surface area contributed by atoms with Crippen molar-refractivity contribution in [1.29, 1.82) is 0 Å². The van der Waals surface area contributed by atoms with E-state index in [9.17, 15) is 13.5 Å². The zero-order valence-electron chi connectivity index (χ0n) is 14.8. The van der Waals surface area contributed by atoms with Gasteiger partial charge in [0.25, 0.3) is 10.1 Å². The molecule has 0 bridgehead atoms. The highest BCUT2D eigenvalue weighted by molar-refractivity contribution is 7.86. The van der Waals surface area contributed by atoms with Crippen LogP contribution in [0, 0.1) is 17.3 Å². The molecule has 2 aliphatic rings. The van der Waals surface area contributed by atoms with E-state index in [1.807, 2.05) is 13.8 Å². The predicted molar refractivity (Wildman–Crippen MR) is 89.3 cm³/mol. The van der Waals surface area contributed by atoms with E-state index in [2.05, 4.69) is 6.92 Å². The highest BCUT2D eigenvalue weighted by Gasteiger charge is 2.55. The normalized spacial score (nSPS) is 40.2. The standard InChI is InChI=1S/C17H30O5S/c1-12(2)17(18)9-8-16(3)14(10-17)13(11-21-4)6-7-15(16)22-23(5,19)20/h11-12,14-15,18H,6-10H2,1-5H3/b13-11+/t14-,15+,16+,17-/m0/s1. The van der Waals surface area contributed by atoms with E-state index in [0.717, 1.165) is 24.7 Å². The Morgan fingerprint density at radius 1 is 1.35 bits per heavy atom. The van der Waals surface area contributed by atoms with Crippen molar-refractivity contribution in [2.24, 2.45) is 17.3 Å². The van der Waals surface area contributed by atoms with Crippen LogP contribution < -0.4 is 0 Å². The Morgan fingerprint density at radius 3 is 2.52 bits per heavy atom. The first-order chi connectivity index (χ1) is 10.5. The maximum absolute atomic E-state index is 11.6. The molecule has 0 aromatic heterocycles. The van der Waals surface area contributed by atoms with E-state index >= 15 is 0 Å². The molecular formula is C17H30O5S. The average molecular weight is 346 g/mol. The lowest BCUT2D eigenvalue weighted by molar-refractivity contribution is -0.121. The first kappa shape index (κ1) is 18.7. The molecule has 2 saturated carbocycles. The topological polar surface area (TPSA) is 72.8 Å². The molecule has 0 amide bonds. The van der Waals surface area contributed by atoms with Gasteiger partial charge in [0.05, 0.1) is 31.3 Å². The number of methoxy groups -OCH3 is 1. The molecule has 5 nitrogen and oxygen atoms in total. The molecule has 4 atom stereocenters. The van der Waals surface area contributed by atoms with Gasteiger partial charge in [0.15, 0.2) is 0 Å². The predicted octanol–water partition coefficient (Wildman–Crippen LogP) is 2.85. The minimum atomic E-state index is -3.50. The van der Waals surface area contributed by atoms with Crippen molar-refractivity contribution in [3.63, 3.8) is 0 Å². The van der Waals surface area contributed by atoms with Crippen LogP contribution in [0.15, 0.2) is 11.8 Å². The molecule has 2 aliphatic carbocycles. The van der Waals surface area contributed by atoms with E-state index < -0.39 is 15.7 Å². The van der Waals surface area contributed by atoms with Gasteiger partial charge in [0, 0.05) is 5.41 Å². The summed E-state index contributed by atoms with van der Waals surface area (Å²) >= 11 is 0. The molecule has 1 N–H and O–H groups in total. The van der Waals surface area contributed by atoms with Gasteiger partial charge >= 0.3 is 0 Å². The van der Waals surface area contributed by atoms with Gasteiger partial charge in [-0.15, -0.1) is 0 Å². The lowest BCUT2D eigenvalue weighted by Crippen LogP contribution is -2.54. The first-order valence-corrected chi connectivity index (χ1v) is 10.2. The van der Waals surface area contributed by atoms with Crippen molar-refractivity contribution >= 4 is 10.1 Å². The minimum absolute atomic E-state index is 0.0732. The van der Waals surface area contributed by atoms with E-state index in [-0.39, 0.29) is 23.4 Å². The summed E-state index contributed by atoms with van der Waals surface area (Å²) in [5, 5.41) is 11.0. The Bertz CT molecular complexity index is 568. The number of allylic oxidation sites excluding steroid dienone is 1. The van der Waals surface area contributed by atoms with Crippen LogP contribution in [0.5, 0.6) is 0 Å². The largest absolute Gasteiger partial charge is 0.504 e. The lowest BCUT2D eigenvalue weighted by atomic mass is 9.53. The lowest BCUT2D eigenvalue weighted by Gasteiger charge is -2.55. The van der Waals surface area contributed by atoms with Gasteiger partial charge in [-0.25, -0.2) is 0 Å². The fourth-order valence-electron chi connectivity index (χ4n) is 4.28. The Labute approximate surface area is 140 Å². The Kier molecular flexibility index (Phi) is 5.19. The van der Waals surface area contributed by atoms with Crippen molar-refractivity contribution in [1.82, 2.24) is 0 Å². The fourth-order valence-corrected chi connectivity index (χ4v) is 5.01. The fraction of sp³-hybridized carbons (Fsp3) is 0.882. The Hall–Kier alpha value is -0.590. The number of aliphatic hydroxyl groups is 1. The zero-order valence-corrected chi connectivity index (χ0v) is 15.6. The summed E-state index contributed by atoms with van der Waals surface area (Å²) in [4.78, 5) is 0. The summed E-state index contributed by atoms with van der Waals surface area (Å²) in [6.07, 6.45) is 5.98. The molecule has 0 unspecified atom stereocenters.